The smallest absolute Gasteiger partial charge is 0.325 e. The third-order valence-electron chi connectivity index (χ3n) is 6.38. The number of benzene rings is 3. The van der Waals surface area contributed by atoms with Gasteiger partial charge in [0, 0.05) is 24.6 Å². The van der Waals surface area contributed by atoms with Crippen molar-refractivity contribution < 1.29 is 24.2 Å². The molecule has 3 aromatic carbocycles. The highest BCUT2D eigenvalue weighted by Crippen LogP contribution is 2.28. The van der Waals surface area contributed by atoms with Crippen molar-refractivity contribution in [2.24, 2.45) is 0 Å². The second kappa shape index (κ2) is 12.5. The zero-order chi connectivity index (χ0) is 26.9. The topological polar surface area (TPSA) is 97.8 Å². The Bertz CT molecular complexity index is 1360. The van der Waals surface area contributed by atoms with Crippen LogP contribution in [0.3, 0.4) is 0 Å². The fourth-order valence-corrected chi connectivity index (χ4v) is 4.20. The maximum Gasteiger partial charge on any atom is 0.325 e. The molecule has 1 aromatic heterocycles. The van der Waals surface area contributed by atoms with Crippen LogP contribution in [0.25, 0.3) is 11.1 Å². The standard InChI is InChI=1S/C31H30N2O5/c1-21(23-9-5-3-6-10-23)27(19-22-13-15-25(16-14-22)24-11-7-4-8-12-24)38-28(34)20-33-31(36)29-30(35)26(37-2)17-18-32-29/h3-18,21,27,35H,19-20H2,1-2H3,(H,33,36). The van der Waals surface area contributed by atoms with Crippen molar-refractivity contribution in [3.8, 4) is 22.6 Å². The third kappa shape index (κ3) is 6.56. The number of amides is 1. The Balaban J connectivity index is 1.45. The molecule has 1 amide bonds. The minimum atomic E-state index is -0.706. The average Bonchev–Trinajstić information content (AvgIpc) is 2.96. The summed E-state index contributed by atoms with van der Waals surface area (Å²) in [5.41, 5.74) is 4.08. The molecule has 0 aliphatic carbocycles. The maximum atomic E-state index is 12.8. The fourth-order valence-electron chi connectivity index (χ4n) is 4.20. The number of pyridine rings is 1. The van der Waals surface area contributed by atoms with Crippen molar-refractivity contribution in [2.75, 3.05) is 13.7 Å². The van der Waals surface area contributed by atoms with Crippen LogP contribution < -0.4 is 10.1 Å². The van der Waals surface area contributed by atoms with Crippen LogP contribution in [0.2, 0.25) is 0 Å². The molecule has 0 saturated heterocycles. The summed E-state index contributed by atoms with van der Waals surface area (Å²) in [6, 6.07) is 29.6. The quantitative estimate of drug-likeness (QED) is 0.286. The van der Waals surface area contributed by atoms with Crippen LogP contribution in [-0.4, -0.2) is 41.7 Å². The zero-order valence-electron chi connectivity index (χ0n) is 21.3. The molecular formula is C31H30N2O5. The van der Waals surface area contributed by atoms with Crippen LogP contribution in [0.5, 0.6) is 11.5 Å². The Morgan fingerprint density at radius 2 is 1.53 bits per heavy atom. The van der Waals surface area contributed by atoms with Crippen molar-refractivity contribution in [3.05, 3.63) is 114 Å². The highest BCUT2D eigenvalue weighted by atomic mass is 16.5. The third-order valence-corrected chi connectivity index (χ3v) is 6.38. The molecule has 194 valence electrons. The summed E-state index contributed by atoms with van der Waals surface area (Å²) in [6.07, 6.45) is 1.38. The zero-order valence-corrected chi connectivity index (χ0v) is 21.3. The van der Waals surface area contributed by atoms with Crippen molar-refractivity contribution >= 4 is 11.9 Å². The number of nitrogens with one attached hydrogen (secondary N) is 1. The van der Waals surface area contributed by atoms with E-state index in [0.717, 1.165) is 22.3 Å². The van der Waals surface area contributed by atoms with Gasteiger partial charge in [0.25, 0.3) is 5.91 Å². The van der Waals surface area contributed by atoms with E-state index in [1.807, 2.05) is 67.6 Å². The van der Waals surface area contributed by atoms with Crippen molar-refractivity contribution in [2.45, 2.75) is 25.4 Å². The van der Waals surface area contributed by atoms with E-state index < -0.39 is 23.7 Å². The van der Waals surface area contributed by atoms with Gasteiger partial charge in [-0.05, 0) is 22.3 Å². The second-order valence-corrected chi connectivity index (χ2v) is 8.89. The number of rotatable bonds is 10. The van der Waals surface area contributed by atoms with Gasteiger partial charge in [0.05, 0.1) is 7.11 Å². The summed E-state index contributed by atoms with van der Waals surface area (Å²) >= 11 is 0. The molecule has 0 radical (unpaired) electrons. The molecule has 4 rings (SSSR count). The molecule has 0 spiro atoms. The first kappa shape index (κ1) is 26.4. The van der Waals surface area contributed by atoms with E-state index in [9.17, 15) is 14.7 Å². The lowest BCUT2D eigenvalue weighted by molar-refractivity contribution is -0.148. The molecule has 2 N–H and O–H groups in total. The van der Waals surface area contributed by atoms with Crippen LogP contribution in [0, 0.1) is 0 Å². The van der Waals surface area contributed by atoms with Gasteiger partial charge in [-0.1, -0.05) is 91.9 Å². The first-order valence-corrected chi connectivity index (χ1v) is 12.3. The number of hydrogen-bond acceptors (Lipinski definition) is 6. The Morgan fingerprint density at radius 1 is 0.895 bits per heavy atom. The van der Waals surface area contributed by atoms with E-state index in [0.29, 0.717) is 6.42 Å². The van der Waals surface area contributed by atoms with Crippen molar-refractivity contribution in [3.63, 3.8) is 0 Å². The minimum Gasteiger partial charge on any atom is -0.503 e. The Morgan fingerprint density at radius 3 is 2.18 bits per heavy atom. The number of ether oxygens (including phenoxy) is 2. The molecule has 0 fully saturated rings. The second-order valence-electron chi connectivity index (χ2n) is 8.89. The first-order chi connectivity index (χ1) is 18.5. The number of aromatic nitrogens is 1. The molecule has 2 unspecified atom stereocenters. The van der Waals surface area contributed by atoms with Crippen LogP contribution in [0.4, 0.5) is 0 Å². The highest BCUT2D eigenvalue weighted by Gasteiger charge is 2.25. The molecule has 7 nitrogen and oxygen atoms in total. The SMILES string of the molecule is COc1ccnc(C(=O)NCC(=O)OC(Cc2ccc(-c3ccccc3)cc2)C(C)c2ccccc2)c1O. The lowest BCUT2D eigenvalue weighted by atomic mass is 9.90. The Labute approximate surface area is 222 Å². The highest BCUT2D eigenvalue weighted by molar-refractivity contribution is 5.97. The van der Waals surface area contributed by atoms with Gasteiger partial charge < -0.3 is 19.9 Å². The molecular weight excluding hydrogens is 480 g/mol. The van der Waals surface area contributed by atoms with E-state index in [2.05, 4.69) is 34.6 Å². The van der Waals surface area contributed by atoms with E-state index in [1.54, 1.807) is 0 Å². The summed E-state index contributed by atoms with van der Waals surface area (Å²) < 4.78 is 10.9. The van der Waals surface area contributed by atoms with E-state index in [-0.39, 0.29) is 23.9 Å². The number of esters is 1. The summed E-state index contributed by atoms with van der Waals surface area (Å²) in [5.74, 6) is -1.66. The molecule has 38 heavy (non-hydrogen) atoms. The lowest BCUT2D eigenvalue weighted by Crippen LogP contribution is -2.35. The summed E-state index contributed by atoms with van der Waals surface area (Å²) in [4.78, 5) is 29.2. The monoisotopic (exact) mass is 510 g/mol. The molecule has 0 saturated carbocycles. The van der Waals surface area contributed by atoms with Gasteiger partial charge in [0.2, 0.25) is 0 Å². The number of nitrogens with zero attached hydrogens (tertiary/aromatic N) is 1. The van der Waals surface area contributed by atoms with E-state index in [1.165, 1.54) is 19.4 Å². The molecule has 1 heterocycles. The normalized spacial score (nSPS) is 12.3. The van der Waals surface area contributed by atoms with Gasteiger partial charge in [-0.3, -0.25) is 9.59 Å². The molecule has 4 aromatic rings. The Kier molecular flexibility index (Phi) is 8.72. The average molecular weight is 511 g/mol. The molecule has 0 aliphatic heterocycles. The number of aromatic hydroxyl groups is 1. The van der Waals surface area contributed by atoms with E-state index in [4.69, 9.17) is 9.47 Å². The van der Waals surface area contributed by atoms with Crippen molar-refractivity contribution in [1.82, 2.24) is 10.3 Å². The lowest BCUT2D eigenvalue weighted by Gasteiger charge is -2.25. The molecule has 0 bridgehead atoms. The predicted octanol–water partition coefficient (Wildman–Crippen LogP) is 5.15. The predicted molar refractivity (Wildman–Crippen MR) is 145 cm³/mol. The van der Waals surface area contributed by atoms with Gasteiger partial charge >= 0.3 is 5.97 Å². The van der Waals surface area contributed by atoms with Crippen LogP contribution >= 0.6 is 0 Å². The van der Waals surface area contributed by atoms with Crippen LogP contribution in [-0.2, 0) is 16.0 Å². The Hall–Kier alpha value is -4.65. The van der Waals surface area contributed by atoms with Gasteiger partial charge in [0.15, 0.2) is 17.2 Å². The number of hydrogen-bond donors (Lipinski definition) is 2. The molecule has 7 heteroatoms. The summed E-state index contributed by atoms with van der Waals surface area (Å²) in [7, 11) is 1.37. The number of carbonyl (C=O) groups is 2. The van der Waals surface area contributed by atoms with E-state index >= 15 is 0 Å². The maximum absolute atomic E-state index is 12.8. The minimum absolute atomic E-state index is 0.0891. The summed E-state index contributed by atoms with van der Waals surface area (Å²) in [5, 5.41) is 12.6. The first-order valence-electron chi connectivity index (χ1n) is 12.3. The number of methoxy groups -OCH3 is 1. The van der Waals surface area contributed by atoms with Crippen LogP contribution in [0.15, 0.2) is 97.2 Å². The number of carbonyl (C=O) groups excluding carboxylic acids is 2. The van der Waals surface area contributed by atoms with Gasteiger partial charge in [-0.15, -0.1) is 0 Å². The van der Waals surface area contributed by atoms with Gasteiger partial charge in [0.1, 0.15) is 12.6 Å². The van der Waals surface area contributed by atoms with Gasteiger partial charge in [-0.25, -0.2) is 4.98 Å². The molecule has 2 atom stereocenters. The summed E-state index contributed by atoms with van der Waals surface area (Å²) in [6.45, 7) is 1.64. The van der Waals surface area contributed by atoms with Crippen LogP contribution in [0.1, 0.15) is 34.5 Å². The van der Waals surface area contributed by atoms with Gasteiger partial charge in [-0.2, -0.15) is 0 Å². The largest absolute Gasteiger partial charge is 0.503 e. The molecule has 0 aliphatic rings. The van der Waals surface area contributed by atoms with Crippen molar-refractivity contribution in [1.29, 1.82) is 0 Å². The fraction of sp³-hybridized carbons (Fsp3) is 0.194.